The van der Waals surface area contributed by atoms with Crippen molar-refractivity contribution in [2.45, 2.75) is 39.3 Å². The second-order valence-electron chi connectivity index (χ2n) is 6.45. The summed E-state index contributed by atoms with van der Waals surface area (Å²) in [4.78, 5) is 17.9. The Morgan fingerprint density at radius 3 is 2.52 bits per heavy atom. The zero-order chi connectivity index (χ0) is 20.4. The van der Waals surface area contributed by atoms with Crippen LogP contribution in [0.4, 0.5) is 4.79 Å². The number of piperidine rings is 1. The number of halogens is 1. The quantitative estimate of drug-likeness (QED) is 0.327. The van der Waals surface area contributed by atoms with E-state index in [0.29, 0.717) is 32.8 Å². The van der Waals surface area contributed by atoms with Crippen molar-refractivity contribution < 1.29 is 19.0 Å². The number of ether oxygens (including phenoxy) is 3. The number of rotatable bonds is 7. The molecule has 0 spiro atoms. The molecular formula is C20H33IN4O4. The van der Waals surface area contributed by atoms with Gasteiger partial charge in [-0.05, 0) is 44.4 Å². The van der Waals surface area contributed by atoms with Crippen molar-refractivity contribution in [2.75, 3.05) is 40.5 Å². The molecule has 1 aromatic rings. The first-order valence-corrected chi connectivity index (χ1v) is 9.79. The number of aliphatic imine (C=N–C) groups is 1. The fourth-order valence-electron chi connectivity index (χ4n) is 3.09. The van der Waals surface area contributed by atoms with Crippen LogP contribution in [0.25, 0.3) is 0 Å². The van der Waals surface area contributed by atoms with Crippen molar-refractivity contribution in [1.82, 2.24) is 15.5 Å². The van der Waals surface area contributed by atoms with Crippen LogP contribution in [0.5, 0.6) is 11.5 Å². The van der Waals surface area contributed by atoms with Gasteiger partial charge in [0, 0.05) is 32.7 Å². The number of nitrogens with one attached hydrogen (secondary N) is 2. The van der Waals surface area contributed by atoms with Crippen LogP contribution < -0.4 is 20.1 Å². The maximum atomic E-state index is 11.8. The smallest absolute Gasteiger partial charge is 0.409 e. The van der Waals surface area contributed by atoms with E-state index in [1.807, 2.05) is 32.0 Å². The highest BCUT2D eigenvalue weighted by atomic mass is 127. The molecule has 0 radical (unpaired) electrons. The summed E-state index contributed by atoms with van der Waals surface area (Å²) in [5.74, 6) is 2.20. The molecule has 2 rings (SSSR count). The van der Waals surface area contributed by atoms with Gasteiger partial charge >= 0.3 is 6.09 Å². The normalized spacial score (nSPS) is 14.6. The molecule has 29 heavy (non-hydrogen) atoms. The maximum absolute atomic E-state index is 11.8. The number of methoxy groups -OCH3 is 1. The molecule has 9 heteroatoms. The summed E-state index contributed by atoms with van der Waals surface area (Å²) in [5, 5.41) is 6.77. The monoisotopic (exact) mass is 520 g/mol. The summed E-state index contributed by atoms with van der Waals surface area (Å²) in [6, 6.07) is 6.15. The average molecular weight is 520 g/mol. The first kappa shape index (κ1) is 25.1. The highest BCUT2D eigenvalue weighted by molar-refractivity contribution is 14.0. The van der Waals surface area contributed by atoms with E-state index in [2.05, 4.69) is 15.6 Å². The van der Waals surface area contributed by atoms with Gasteiger partial charge in [-0.15, -0.1) is 24.0 Å². The summed E-state index contributed by atoms with van der Waals surface area (Å²) in [5.41, 5.74) is 1.07. The van der Waals surface area contributed by atoms with Gasteiger partial charge in [-0.25, -0.2) is 4.79 Å². The molecule has 0 unspecified atom stereocenters. The molecule has 1 heterocycles. The van der Waals surface area contributed by atoms with Crippen LogP contribution in [0.3, 0.4) is 0 Å². The van der Waals surface area contributed by atoms with Crippen LogP contribution in [-0.4, -0.2) is 63.5 Å². The first-order chi connectivity index (χ1) is 13.6. The van der Waals surface area contributed by atoms with E-state index in [1.165, 1.54) is 0 Å². The van der Waals surface area contributed by atoms with Gasteiger partial charge in [0.15, 0.2) is 17.5 Å². The lowest BCUT2D eigenvalue weighted by Gasteiger charge is -2.32. The van der Waals surface area contributed by atoms with Crippen LogP contribution >= 0.6 is 24.0 Å². The van der Waals surface area contributed by atoms with Gasteiger partial charge in [0.05, 0.1) is 20.3 Å². The lowest BCUT2D eigenvalue weighted by molar-refractivity contribution is 0.0963. The molecule has 2 N–H and O–H groups in total. The van der Waals surface area contributed by atoms with Crippen LogP contribution in [0.15, 0.2) is 23.2 Å². The summed E-state index contributed by atoms with van der Waals surface area (Å²) in [7, 11) is 3.39. The van der Waals surface area contributed by atoms with E-state index in [9.17, 15) is 4.79 Å². The number of likely N-dealkylation sites (tertiary alicyclic amines) is 1. The highest BCUT2D eigenvalue weighted by Gasteiger charge is 2.24. The zero-order valence-electron chi connectivity index (χ0n) is 17.7. The van der Waals surface area contributed by atoms with E-state index >= 15 is 0 Å². The molecule has 164 valence electrons. The molecule has 1 amide bonds. The predicted octanol–water partition coefficient (Wildman–Crippen LogP) is 3.00. The molecule has 1 aromatic carbocycles. The molecule has 0 saturated carbocycles. The van der Waals surface area contributed by atoms with Crippen molar-refractivity contribution in [3.63, 3.8) is 0 Å². The van der Waals surface area contributed by atoms with Gasteiger partial charge in [-0.2, -0.15) is 0 Å². The Labute approximate surface area is 190 Å². The number of nitrogens with zero attached hydrogens (tertiary/aromatic N) is 2. The Bertz CT molecular complexity index is 664. The van der Waals surface area contributed by atoms with E-state index < -0.39 is 0 Å². The molecule has 1 aliphatic heterocycles. The van der Waals surface area contributed by atoms with Crippen LogP contribution in [0.1, 0.15) is 32.3 Å². The Morgan fingerprint density at radius 1 is 1.21 bits per heavy atom. The third-order valence-corrected chi connectivity index (χ3v) is 4.57. The van der Waals surface area contributed by atoms with Gasteiger partial charge in [0.1, 0.15) is 0 Å². The fraction of sp³-hybridized carbons (Fsp3) is 0.600. The molecule has 0 bridgehead atoms. The number of benzene rings is 1. The molecule has 8 nitrogen and oxygen atoms in total. The first-order valence-electron chi connectivity index (χ1n) is 9.79. The molecule has 0 atom stereocenters. The second kappa shape index (κ2) is 13.3. The molecule has 0 aromatic heterocycles. The van der Waals surface area contributed by atoms with Gasteiger partial charge in [0.25, 0.3) is 0 Å². The van der Waals surface area contributed by atoms with E-state index in [4.69, 9.17) is 14.2 Å². The van der Waals surface area contributed by atoms with Gasteiger partial charge < -0.3 is 29.7 Å². The molecule has 1 fully saturated rings. The van der Waals surface area contributed by atoms with E-state index in [1.54, 1.807) is 19.1 Å². The van der Waals surface area contributed by atoms with Crippen molar-refractivity contribution in [3.8, 4) is 11.5 Å². The molecule has 1 aliphatic rings. The van der Waals surface area contributed by atoms with Gasteiger partial charge in [0.2, 0.25) is 0 Å². The summed E-state index contributed by atoms with van der Waals surface area (Å²) in [6.45, 7) is 6.75. The predicted molar refractivity (Wildman–Crippen MR) is 125 cm³/mol. The highest BCUT2D eigenvalue weighted by Crippen LogP contribution is 2.27. The Hall–Kier alpha value is -1.91. The lowest BCUT2D eigenvalue weighted by atomic mass is 10.1. The minimum absolute atomic E-state index is 0. The molecular weight excluding hydrogens is 487 g/mol. The van der Waals surface area contributed by atoms with Crippen LogP contribution in [0.2, 0.25) is 0 Å². The Balaban J connectivity index is 0.00000420. The van der Waals surface area contributed by atoms with Crippen molar-refractivity contribution in [3.05, 3.63) is 23.8 Å². The third kappa shape index (κ3) is 7.79. The van der Waals surface area contributed by atoms with Gasteiger partial charge in [-0.3, -0.25) is 4.99 Å². The summed E-state index contributed by atoms with van der Waals surface area (Å²) < 4.78 is 16.0. The minimum Gasteiger partial charge on any atom is -0.493 e. The Morgan fingerprint density at radius 2 is 1.93 bits per heavy atom. The maximum Gasteiger partial charge on any atom is 0.409 e. The topological polar surface area (TPSA) is 84.4 Å². The van der Waals surface area contributed by atoms with Crippen LogP contribution in [0, 0.1) is 0 Å². The zero-order valence-corrected chi connectivity index (χ0v) is 20.0. The third-order valence-electron chi connectivity index (χ3n) is 4.57. The van der Waals surface area contributed by atoms with E-state index in [0.717, 1.165) is 35.9 Å². The molecule has 0 aliphatic carbocycles. The second-order valence-corrected chi connectivity index (χ2v) is 6.45. The number of carbonyl (C=O) groups excluding carboxylic acids is 1. The SMILES string of the molecule is CCOC(=O)N1CCC(NC(=NC)NCc2ccc(OC)c(OCC)c2)CC1.I. The average Bonchev–Trinajstić information content (AvgIpc) is 2.72. The standard InChI is InChI=1S/C20H32N4O4.HI/c1-5-27-18-13-15(7-8-17(18)26-4)14-22-19(21-3)23-16-9-11-24(12-10-16)20(25)28-6-2;/h7-8,13,16H,5-6,9-12,14H2,1-4H3,(H2,21,22,23);1H. The lowest BCUT2D eigenvalue weighted by Crippen LogP contribution is -2.49. The Kier molecular flexibility index (Phi) is 11.6. The summed E-state index contributed by atoms with van der Waals surface area (Å²) >= 11 is 0. The number of guanidine groups is 1. The van der Waals surface area contributed by atoms with E-state index in [-0.39, 0.29) is 36.1 Å². The number of hydrogen-bond acceptors (Lipinski definition) is 5. The summed E-state index contributed by atoms with van der Waals surface area (Å²) in [6.07, 6.45) is 1.49. The number of carbonyl (C=O) groups is 1. The van der Waals surface area contributed by atoms with Crippen molar-refractivity contribution in [1.29, 1.82) is 0 Å². The van der Waals surface area contributed by atoms with Gasteiger partial charge in [-0.1, -0.05) is 6.07 Å². The minimum atomic E-state index is -0.229. The van der Waals surface area contributed by atoms with Crippen molar-refractivity contribution >= 4 is 36.0 Å². The number of hydrogen-bond donors (Lipinski definition) is 2. The largest absolute Gasteiger partial charge is 0.493 e. The molecule has 1 saturated heterocycles. The number of amides is 1. The van der Waals surface area contributed by atoms with Crippen LogP contribution in [-0.2, 0) is 11.3 Å². The fourth-order valence-corrected chi connectivity index (χ4v) is 3.09. The van der Waals surface area contributed by atoms with Crippen molar-refractivity contribution in [2.24, 2.45) is 4.99 Å².